The van der Waals surface area contributed by atoms with Gasteiger partial charge in [0.2, 0.25) is 0 Å². The van der Waals surface area contributed by atoms with E-state index < -0.39 is 6.04 Å². The molecular weight excluding hydrogens is 293 g/mol. The van der Waals surface area contributed by atoms with E-state index in [0.29, 0.717) is 21.9 Å². The minimum absolute atomic E-state index is 0.313. The van der Waals surface area contributed by atoms with E-state index in [9.17, 15) is 9.18 Å². The van der Waals surface area contributed by atoms with Crippen LogP contribution in [0.25, 0.3) is 0 Å². The lowest BCUT2D eigenvalue weighted by Crippen LogP contribution is -2.27. The fourth-order valence-corrected chi connectivity index (χ4v) is 2.21. The Morgan fingerprint density at radius 2 is 2.00 bits per heavy atom. The van der Waals surface area contributed by atoms with Crippen LogP contribution in [-0.2, 0) is 0 Å². The number of amides is 1. The Balaban J connectivity index is 2.22. The zero-order valence-electron chi connectivity index (χ0n) is 11.7. The zero-order valence-corrected chi connectivity index (χ0v) is 12.4. The van der Waals surface area contributed by atoms with Gasteiger partial charge in [-0.2, -0.15) is 0 Å². The molecule has 0 spiro atoms. The van der Waals surface area contributed by atoms with Crippen molar-refractivity contribution in [2.24, 2.45) is 0 Å². The lowest BCUT2D eigenvalue weighted by atomic mass is 10.1. The highest BCUT2D eigenvalue weighted by atomic mass is 35.5. The molecular formula is C16H15ClFNO2. The summed E-state index contributed by atoms with van der Waals surface area (Å²) < 4.78 is 18.8. The Labute approximate surface area is 127 Å². The molecule has 0 saturated carbocycles. The van der Waals surface area contributed by atoms with Crippen molar-refractivity contribution in [3.05, 3.63) is 64.4 Å². The molecule has 0 bridgehead atoms. The van der Waals surface area contributed by atoms with Crippen LogP contribution in [-0.4, -0.2) is 13.0 Å². The summed E-state index contributed by atoms with van der Waals surface area (Å²) in [6, 6.07) is 10.6. The number of nitrogens with one attached hydrogen (secondary N) is 1. The van der Waals surface area contributed by atoms with Gasteiger partial charge < -0.3 is 10.1 Å². The van der Waals surface area contributed by atoms with Gasteiger partial charge >= 0.3 is 0 Å². The van der Waals surface area contributed by atoms with E-state index in [1.54, 1.807) is 37.3 Å². The molecule has 0 fully saturated rings. The van der Waals surface area contributed by atoms with E-state index >= 15 is 0 Å². The maximum atomic E-state index is 13.7. The molecule has 2 rings (SSSR count). The highest BCUT2D eigenvalue weighted by molar-refractivity contribution is 6.31. The monoisotopic (exact) mass is 307 g/mol. The van der Waals surface area contributed by atoms with Crippen molar-refractivity contribution in [2.45, 2.75) is 13.0 Å². The minimum atomic E-state index is -0.470. The largest absolute Gasteiger partial charge is 0.496 e. The molecule has 1 N–H and O–H groups in total. The fraction of sp³-hybridized carbons (Fsp3) is 0.188. The smallest absolute Gasteiger partial charge is 0.255 e. The lowest BCUT2D eigenvalue weighted by Gasteiger charge is -2.16. The molecule has 21 heavy (non-hydrogen) atoms. The molecule has 2 aromatic carbocycles. The van der Waals surface area contributed by atoms with Gasteiger partial charge in [-0.1, -0.05) is 29.8 Å². The first-order chi connectivity index (χ1) is 10.0. The Kier molecular flexibility index (Phi) is 4.81. The summed E-state index contributed by atoms with van der Waals surface area (Å²) in [4.78, 5) is 12.3. The van der Waals surface area contributed by atoms with Crippen LogP contribution in [0.2, 0.25) is 5.02 Å². The highest BCUT2D eigenvalue weighted by Gasteiger charge is 2.17. The van der Waals surface area contributed by atoms with Gasteiger partial charge in [-0.15, -0.1) is 0 Å². The number of methoxy groups -OCH3 is 1. The molecule has 0 unspecified atom stereocenters. The van der Waals surface area contributed by atoms with Crippen molar-refractivity contribution in [3.8, 4) is 5.75 Å². The zero-order chi connectivity index (χ0) is 15.4. The van der Waals surface area contributed by atoms with Crippen LogP contribution < -0.4 is 10.1 Å². The van der Waals surface area contributed by atoms with Gasteiger partial charge in [0, 0.05) is 10.6 Å². The molecule has 0 aliphatic heterocycles. The quantitative estimate of drug-likeness (QED) is 0.928. The third-order valence-corrected chi connectivity index (χ3v) is 3.36. The predicted octanol–water partition coefficient (Wildman–Crippen LogP) is 3.98. The number of benzene rings is 2. The van der Waals surface area contributed by atoms with Crippen molar-refractivity contribution in [2.75, 3.05) is 7.11 Å². The molecule has 2 aromatic rings. The Morgan fingerprint density at radius 1 is 1.29 bits per heavy atom. The highest BCUT2D eigenvalue weighted by Crippen LogP contribution is 2.24. The average molecular weight is 308 g/mol. The summed E-state index contributed by atoms with van der Waals surface area (Å²) in [5.74, 6) is -0.314. The van der Waals surface area contributed by atoms with E-state index in [1.165, 1.54) is 19.2 Å². The van der Waals surface area contributed by atoms with Gasteiger partial charge in [0.25, 0.3) is 5.91 Å². The first-order valence-electron chi connectivity index (χ1n) is 6.41. The molecule has 3 nitrogen and oxygen atoms in total. The number of ether oxygens (including phenoxy) is 1. The summed E-state index contributed by atoms with van der Waals surface area (Å²) in [7, 11) is 1.47. The van der Waals surface area contributed by atoms with Crippen molar-refractivity contribution in [3.63, 3.8) is 0 Å². The maximum absolute atomic E-state index is 13.7. The first-order valence-corrected chi connectivity index (χ1v) is 6.79. The van der Waals surface area contributed by atoms with Gasteiger partial charge in [-0.25, -0.2) is 4.39 Å². The molecule has 0 radical (unpaired) electrons. The van der Waals surface area contributed by atoms with Crippen LogP contribution in [0.3, 0.4) is 0 Å². The number of hydrogen-bond acceptors (Lipinski definition) is 2. The number of carbonyl (C=O) groups is 1. The number of carbonyl (C=O) groups excluding carboxylic acids is 1. The van der Waals surface area contributed by atoms with Crippen molar-refractivity contribution >= 4 is 17.5 Å². The van der Waals surface area contributed by atoms with Gasteiger partial charge in [0.1, 0.15) is 11.6 Å². The Bertz CT molecular complexity index is 660. The van der Waals surface area contributed by atoms with E-state index in [4.69, 9.17) is 16.3 Å². The molecule has 0 aliphatic carbocycles. The van der Waals surface area contributed by atoms with Crippen LogP contribution in [0.5, 0.6) is 5.75 Å². The normalized spacial score (nSPS) is 11.8. The maximum Gasteiger partial charge on any atom is 0.255 e. The second-order valence-electron chi connectivity index (χ2n) is 4.56. The predicted molar refractivity (Wildman–Crippen MR) is 80.3 cm³/mol. The van der Waals surface area contributed by atoms with Gasteiger partial charge in [-0.3, -0.25) is 4.79 Å². The van der Waals surface area contributed by atoms with Gasteiger partial charge in [0.15, 0.2) is 0 Å². The third-order valence-electron chi connectivity index (χ3n) is 3.13. The van der Waals surface area contributed by atoms with Crippen molar-refractivity contribution < 1.29 is 13.9 Å². The summed E-state index contributed by atoms with van der Waals surface area (Å²) >= 11 is 5.90. The molecule has 0 aromatic heterocycles. The molecule has 5 heteroatoms. The van der Waals surface area contributed by atoms with Crippen LogP contribution in [0, 0.1) is 5.82 Å². The second-order valence-corrected chi connectivity index (χ2v) is 5.00. The van der Waals surface area contributed by atoms with E-state index in [-0.39, 0.29) is 11.7 Å². The number of rotatable bonds is 4. The summed E-state index contributed by atoms with van der Waals surface area (Å²) in [5, 5.41) is 3.17. The fourth-order valence-electron chi connectivity index (χ4n) is 2.04. The van der Waals surface area contributed by atoms with E-state index in [1.807, 2.05) is 0 Å². The van der Waals surface area contributed by atoms with Crippen molar-refractivity contribution in [1.82, 2.24) is 5.32 Å². The molecule has 110 valence electrons. The van der Waals surface area contributed by atoms with Crippen molar-refractivity contribution in [1.29, 1.82) is 0 Å². The van der Waals surface area contributed by atoms with E-state index in [0.717, 1.165) is 0 Å². The van der Waals surface area contributed by atoms with Crippen LogP contribution in [0.15, 0.2) is 42.5 Å². The summed E-state index contributed by atoms with van der Waals surface area (Å²) in [5.41, 5.74) is 0.736. The van der Waals surface area contributed by atoms with Gasteiger partial charge in [0.05, 0.1) is 18.7 Å². The average Bonchev–Trinajstić information content (AvgIpc) is 2.47. The molecule has 0 heterocycles. The molecule has 0 aliphatic rings. The first kappa shape index (κ1) is 15.3. The standard InChI is InChI=1S/C16H15ClFNO2/c1-10(12-5-3-4-6-14(12)18)19-16(20)13-9-11(17)7-8-15(13)21-2/h3-10H,1-2H3,(H,19,20)/t10-/m1/s1. The second kappa shape index (κ2) is 6.59. The molecule has 1 amide bonds. The minimum Gasteiger partial charge on any atom is -0.496 e. The van der Waals surface area contributed by atoms with Crippen LogP contribution in [0.1, 0.15) is 28.9 Å². The summed E-state index contributed by atoms with van der Waals surface area (Å²) in [6.45, 7) is 1.72. The number of halogens is 2. The summed E-state index contributed by atoms with van der Waals surface area (Å²) in [6.07, 6.45) is 0. The number of hydrogen-bond donors (Lipinski definition) is 1. The van der Waals surface area contributed by atoms with E-state index in [2.05, 4.69) is 5.32 Å². The SMILES string of the molecule is COc1ccc(Cl)cc1C(=O)N[C@H](C)c1ccccc1F. The topological polar surface area (TPSA) is 38.3 Å². The lowest BCUT2D eigenvalue weighted by molar-refractivity contribution is 0.0936. The Hall–Kier alpha value is -2.07. The van der Waals surface area contributed by atoms with Gasteiger partial charge in [-0.05, 0) is 31.2 Å². The Morgan fingerprint density at radius 3 is 2.67 bits per heavy atom. The van der Waals surface area contributed by atoms with Crippen LogP contribution in [0.4, 0.5) is 4.39 Å². The van der Waals surface area contributed by atoms with Crippen LogP contribution >= 0.6 is 11.6 Å². The molecule has 1 atom stereocenters. The molecule has 0 saturated heterocycles. The third kappa shape index (κ3) is 3.52.